The van der Waals surface area contributed by atoms with Crippen LogP contribution in [0.25, 0.3) is 10.9 Å². The third-order valence-corrected chi connectivity index (χ3v) is 5.20. The first-order chi connectivity index (χ1) is 12.0. The molecule has 0 spiro atoms. The highest BCUT2D eigenvalue weighted by Crippen LogP contribution is 2.19. The summed E-state index contributed by atoms with van der Waals surface area (Å²) in [4.78, 5) is 31.6. The molecule has 1 aliphatic heterocycles. The van der Waals surface area contributed by atoms with Crippen LogP contribution in [0, 0.1) is 0 Å². The number of aromatic nitrogens is 2. The van der Waals surface area contributed by atoms with Crippen molar-refractivity contribution in [1.29, 1.82) is 0 Å². The van der Waals surface area contributed by atoms with Gasteiger partial charge in [0.15, 0.2) is 5.16 Å². The maximum Gasteiger partial charge on any atom is 0.262 e. The number of ether oxygens (including phenoxy) is 1. The zero-order chi connectivity index (χ0) is 18.0. The Hall–Kier alpha value is -1.86. The molecule has 1 saturated heterocycles. The second kappa shape index (κ2) is 7.58. The van der Waals surface area contributed by atoms with Crippen molar-refractivity contribution in [1.82, 2.24) is 14.5 Å². The van der Waals surface area contributed by atoms with E-state index in [2.05, 4.69) is 4.98 Å². The van der Waals surface area contributed by atoms with Crippen molar-refractivity contribution in [3.63, 3.8) is 0 Å². The molecule has 1 fully saturated rings. The Labute approximate surface area is 151 Å². The fourth-order valence-electron chi connectivity index (χ4n) is 3.14. The third kappa shape index (κ3) is 3.88. The molecule has 2 heterocycles. The minimum Gasteiger partial charge on any atom is -0.372 e. The smallest absolute Gasteiger partial charge is 0.262 e. The summed E-state index contributed by atoms with van der Waals surface area (Å²) in [5.74, 6) is 0.321. The topological polar surface area (TPSA) is 64.4 Å². The van der Waals surface area contributed by atoms with Crippen molar-refractivity contribution in [2.45, 2.75) is 44.7 Å². The SMILES string of the molecule is CCn1c(SCC(=O)N2C[C@@H](C)O[C@@H](C)C2)nc2ccccc2c1=O. The molecule has 2 atom stereocenters. The van der Waals surface area contributed by atoms with Crippen LogP contribution >= 0.6 is 11.8 Å². The van der Waals surface area contributed by atoms with Gasteiger partial charge in [0.1, 0.15) is 0 Å². The number of carbonyl (C=O) groups excluding carboxylic acids is 1. The Kier molecular flexibility index (Phi) is 5.44. The van der Waals surface area contributed by atoms with Crippen molar-refractivity contribution in [2.75, 3.05) is 18.8 Å². The molecule has 134 valence electrons. The fourth-order valence-corrected chi connectivity index (χ4v) is 4.10. The molecule has 2 aromatic rings. The third-order valence-electron chi connectivity index (χ3n) is 4.24. The van der Waals surface area contributed by atoms with Crippen LogP contribution in [0.1, 0.15) is 20.8 Å². The van der Waals surface area contributed by atoms with Gasteiger partial charge >= 0.3 is 0 Å². The van der Waals surface area contributed by atoms with Gasteiger partial charge in [-0.15, -0.1) is 0 Å². The number of para-hydroxylation sites is 1. The van der Waals surface area contributed by atoms with Gasteiger partial charge in [-0.3, -0.25) is 14.2 Å². The molecule has 1 aromatic heterocycles. The van der Waals surface area contributed by atoms with Crippen molar-refractivity contribution < 1.29 is 9.53 Å². The minimum absolute atomic E-state index is 0.0466. The summed E-state index contributed by atoms with van der Waals surface area (Å²) in [6.45, 7) is 7.60. The van der Waals surface area contributed by atoms with Gasteiger partial charge in [-0.05, 0) is 32.9 Å². The van der Waals surface area contributed by atoms with Gasteiger partial charge in [0, 0.05) is 19.6 Å². The average Bonchev–Trinajstić information content (AvgIpc) is 2.59. The first-order valence-corrected chi connectivity index (χ1v) is 9.53. The standard InChI is InChI=1S/C18H23N3O3S/c1-4-21-17(23)14-7-5-6-8-15(14)19-18(21)25-11-16(22)20-9-12(2)24-13(3)10-20/h5-8,12-13H,4,9-11H2,1-3H3/t12-,13+. The van der Waals surface area contributed by atoms with Gasteiger partial charge < -0.3 is 9.64 Å². The van der Waals surface area contributed by atoms with E-state index in [1.54, 1.807) is 10.6 Å². The van der Waals surface area contributed by atoms with E-state index in [0.717, 1.165) is 0 Å². The van der Waals surface area contributed by atoms with Gasteiger partial charge in [0.2, 0.25) is 5.91 Å². The number of morpholine rings is 1. The second-order valence-electron chi connectivity index (χ2n) is 6.31. The largest absolute Gasteiger partial charge is 0.372 e. The molecular weight excluding hydrogens is 338 g/mol. The highest BCUT2D eigenvalue weighted by molar-refractivity contribution is 7.99. The molecule has 1 aliphatic rings. The Morgan fingerprint density at radius 3 is 2.64 bits per heavy atom. The van der Waals surface area contributed by atoms with Crippen molar-refractivity contribution in [3.05, 3.63) is 34.6 Å². The minimum atomic E-state index is -0.0586. The fraction of sp³-hybridized carbons (Fsp3) is 0.500. The first-order valence-electron chi connectivity index (χ1n) is 8.55. The Morgan fingerprint density at radius 2 is 1.96 bits per heavy atom. The highest BCUT2D eigenvalue weighted by Gasteiger charge is 2.26. The average molecular weight is 361 g/mol. The van der Waals surface area contributed by atoms with E-state index in [1.165, 1.54) is 11.8 Å². The summed E-state index contributed by atoms with van der Waals surface area (Å²) < 4.78 is 7.30. The molecule has 1 amide bonds. The van der Waals surface area contributed by atoms with Gasteiger partial charge in [-0.1, -0.05) is 23.9 Å². The summed E-state index contributed by atoms with van der Waals surface area (Å²) in [6, 6.07) is 7.31. The maximum atomic E-state index is 12.6. The summed E-state index contributed by atoms with van der Waals surface area (Å²) in [6.07, 6.45) is 0.0932. The molecule has 3 rings (SSSR count). The van der Waals surface area contributed by atoms with Crippen LogP contribution in [0.2, 0.25) is 0 Å². The number of nitrogens with zero attached hydrogens (tertiary/aromatic N) is 3. The number of hydrogen-bond donors (Lipinski definition) is 0. The Bertz CT molecular complexity index is 826. The number of amides is 1. The van der Waals surface area contributed by atoms with E-state index in [1.807, 2.05) is 43.9 Å². The molecule has 25 heavy (non-hydrogen) atoms. The van der Waals surface area contributed by atoms with E-state index in [9.17, 15) is 9.59 Å². The monoisotopic (exact) mass is 361 g/mol. The normalized spacial score (nSPS) is 20.8. The zero-order valence-corrected chi connectivity index (χ0v) is 15.6. The van der Waals surface area contributed by atoms with E-state index in [4.69, 9.17) is 4.74 Å². The summed E-state index contributed by atoms with van der Waals surface area (Å²) in [5, 5.41) is 1.20. The van der Waals surface area contributed by atoms with Crippen molar-refractivity contribution in [2.24, 2.45) is 0 Å². The summed E-state index contributed by atoms with van der Waals surface area (Å²) in [7, 11) is 0. The van der Waals surface area contributed by atoms with E-state index in [0.29, 0.717) is 35.7 Å². The van der Waals surface area contributed by atoms with Gasteiger partial charge in [-0.2, -0.15) is 0 Å². The molecule has 0 unspecified atom stereocenters. The molecule has 0 N–H and O–H groups in total. The van der Waals surface area contributed by atoms with E-state index >= 15 is 0 Å². The van der Waals surface area contributed by atoms with Crippen LogP contribution in [0.3, 0.4) is 0 Å². The molecule has 1 aromatic carbocycles. The van der Waals surface area contributed by atoms with Gasteiger partial charge in [-0.25, -0.2) is 4.98 Å². The lowest BCUT2D eigenvalue weighted by atomic mass is 10.2. The van der Waals surface area contributed by atoms with Crippen LogP contribution in [-0.4, -0.2) is 51.4 Å². The number of hydrogen-bond acceptors (Lipinski definition) is 5. The van der Waals surface area contributed by atoms with Crippen molar-refractivity contribution >= 4 is 28.6 Å². The first kappa shape index (κ1) is 17.9. The summed E-state index contributed by atoms with van der Waals surface area (Å²) in [5.41, 5.74) is 0.609. The number of rotatable bonds is 4. The van der Waals surface area contributed by atoms with Crippen LogP contribution < -0.4 is 5.56 Å². The predicted octanol–water partition coefficient (Wildman–Crippen LogP) is 2.14. The molecule has 7 heteroatoms. The predicted molar refractivity (Wildman–Crippen MR) is 99.0 cm³/mol. The molecule has 0 saturated carbocycles. The number of fused-ring (bicyclic) bond motifs is 1. The molecule has 0 radical (unpaired) electrons. The van der Waals surface area contributed by atoms with E-state index < -0.39 is 0 Å². The van der Waals surface area contributed by atoms with E-state index in [-0.39, 0.29) is 29.4 Å². The number of carbonyl (C=O) groups is 1. The van der Waals surface area contributed by atoms with Crippen LogP contribution in [-0.2, 0) is 16.1 Å². The Balaban J connectivity index is 1.79. The quantitative estimate of drug-likeness (QED) is 0.617. The van der Waals surface area contributed by atoms with Gasteiger partial charge in [0.05, 0.1) is 28.9 Å². The number of thioether (sulfide) groups is 1. The molecular formula is C18H23N3O3S. The lowest BCUT2D eigenvalue weighted by Gasteiger charge is -2.35. The lowest BCUT2D eigenvalue weighted by Crippen LogP contribution is -2.48. The van der Waals surface area contributed by atoms with Crippen molar-refractivity contribution in [3.8, 4) is 0 Å². The molecule has 6 nitrogen and oxygen atoms in total. The molecule has 0 bridgehead atoms. The maximum absolute atomic E-state index is 12.6. The highest BCUT2D eigenvalue weighted by atomic mass is 32.2. The van der Waals surface area contributed by atoms with Gasteiger partial charge in [0.25, 0.3) is 5.56 Å². The van der Waals surface area contributed by atoms with Crippen LogP contribution in [0.5, 0.6) is 0 Å². The Morgan fingerprint density at radius 1 is 1.28 bits per heavy atom. The zero-order valence-electron chi connectivity index (χ0n) is 14.8. The summed E-state index contributed by atoms with van der Waals surface area (Å²) >= 11 is 1.32. The lowest BCUT2D eigenvalue weighted by molar-refractivity contribution is -0.140. The number of benzene rings is 1. The second-order valence-corrected chi connectivity index (χ2v) is 7.25. The molecule has 0 aliphatic carbocycles. The van der Waals surface area contributed by atoms with Crippen LogP contribution in [0.4, 0.5) is 0 Å². The van der Waals surface area contributed by atoms with Crippen LogP contribution in [0.15, 0.2) is 34.2 Å².